The number of nitro benzene ring substituents is 1. The summed E-state index contributed by atoms with van der Waals surface area (Å²) in [6.45, 7) is 3.53. The van der Waals surface area contributed by atoms with Crippen molar-refractivity contribution in [1.82, 2.24) is 0 Å². The van der Waals surface area contributed by atoms with Gasteiger partial charge in [-0.05, 0) is 38.2 Å². The molecule has 0 aliphatic heterocycles. The average Bonchev–Trinajstić information content (AvgIpc) is 2.88. The van der Waals surface area contributed by atoms with Crippen molar-refractivity contribution >= 4 is 51.0 Å². The van der Waals surface area contributed by atoms with Crippen LogP contribution in [0.4, 0.5) is 16.4 Å². The summed E-state index contributed by atoms with van der Waals surface area (Å²) in [6, 6.07) is 6.44. The summed E-state index contributed by atoms with van der Waals surface area (Å²) >= 11 is 6.57. The number of anilines is 2. The highest BCUT2D eigenvalue weighted by Gasteiger charge is 2.17. The van der Waals surface area contributed by atoms with E-state index in [0.29, 0.717) is 21.8 Å². The van der Waals surface area contributed by atoms with E-state index in [2.05, 4.69) is 10.6 Å². The zero-order chi connectivity index (χ0) is 17.9. The van der Waals surface area contributed by atoms with Gasteiger partial charge in [-0.3, -0.25) is 10.1 Å². The third-order valence-corrected chi connectivity index (χ3v) is 4.32. The number of rotatable bonds is 4. The maximum absolute atomic E-state index is 11.8. The van der Waals surface area contributed by atoms with Crippen LogP contribution in [-0.2, 0) is 4.74 Å². The Kier molecular flexibility index (Phi) is 5.47. The number of nitrogens with zero attached hydrogens (tertiary/aromatic N) is 1. The lowest BCUT2D eigenvalue weighted by Crippen LogP contribution is -2.20. The number of carbonyl (C=O) groups excluding carboxylic acids is 1. The van der Waals surface area contributed by atoms with Crippen LogP contribution >= 0.6 is 23.6 Å². The molecule has 0 unspecified atom stereocenters. The molecule has 2 aromatic rings. The van der Waals surface area contributed by atoms with Gasteiger partial charge < -0.3 is 15.4 Å². The number of thiophene rings is 1. The number of nitrogens with one attached hydrogen (secondary N) is 2. The molecule has 0 atom stereocenters. The first kappa shape index (κ1) is 17.8. The Morgan fingerprint density at radius 3 is 2.62 bits per heavy atom. The van der Waals surface area contributed by atoms with Gasteiger partial charge in [0, 0.05) is 22.2 Å². The Morgan fingerprint density at radius 1 is 1.29 bits per heavy atom. The van der Waals surface area contributed by atoms with E-state index in [1.165, 1.54) is 24.5 Å². The van der Waals surface area contributed by atoms with Crippen LogP contribution < -0.4 is 10.6 Å². The normalized spacial score (nSPS) is 10.1. The maximum Gasteiger partial charge on any atom is 0.340 e. The van der Waals surface area contributed by atoms with Gasteiger partial charge in [-0.1, -0.05) is 6.07 Å². The summed E-state index contributed by atoms with van der Waals surface area (Å²) in [5, 5.41) is 17.6. The molecule has 0 amide bonds. The zero-order valence-corrected chi connectivity index (χ0v) is 14.8. The Bertz CT molecular complexity index is 817. The molecule has 126 valence electrons. The van der Waals surface area contributed by atoms with Crippen molar-refractivity contribution in [3.05, 3.63) is 50.4 Å². The van der Waals surface area contributed by atoms with E-state index in [1.807, 2.05) is 6.92 Å². The number of thiocarbonyl (C=S) groups is 1. The number of methoxy groups -OCH3 is 1. The fourth-order valence-corrected chi connectivity index (χ4v) is 3.21. The Balaban J connectivity index is 2.16. The van der Waals surface area contributed by atoms with Gasteiger partial charge in [0.15, 0.2) is 5.11 Å². The molecule has 1 aromatic carbocycles. The minimum Gasteiger partial charge on any atom is -0.465 e. The second-order valence-corrected chi connectivity index (χ2v) is 6.59. The molecule has 2 rings (SSSR count). The number of hydrogen-bond donors (Lipinski definition) is 2. The number of carbonyl (C=O) groups is 1. The van der Waals surface area contributed by atoms with E-state index in [-0.39, 0.29) is 10.8 Å². The molecule has 0 saturated heterocycles. The van der Waals surface area contributed by atoms with Crippen LogP contribution in [0.25, 0.3) is 0 Å². The largest absolute Gasteiger partial charge is 0.465 e. The van der Waals surface area contributed by atoms with Crippen LogP contribution in [-0.4, -0.2) is 23.1 Å². The summed E-state index contributed by atoms with van der Waals surface area (Å²) in [6.07, 6.45) is 0. The van der Waals surface area contributed by atoms with Gasteiger partial charge in [-0.2, -0.15) is 0 Å². The second-order valence-electron chi connectivity index (χ2n) is 4.93. The molecule has 0 aliphatic carbocycles. The van der Waals surface area contributed by atoms with Gasteiger partial charge >= 0.3 is 5.97 Å². The van der Waals surface area contributed by atoms with E-state index in [0.717, 1.165) is 4.88 Å². The van der Waals surface area contributed by atoms with Crippen molar-refractivity contribution < 1.29 is 14.5 Å². The maximum atomic E-state index is 11.8. The fourth-order valence-electron chi connectivity index (χ4n) is 2.02. The molecule has 0 spiro atoms. The quantitative estimate of drug-likeness (QED) is 0.368. The molecule has 0 radical (unpaired) electrons. The summed E-state index contributed by atoms with van der Waals surface area (Å²) in [5.74, 6) is -0.462. The third kappa shape index (κ3) is 4.06. The van der Waals surface area contributed by atoms with E-state index in [1.54, 1.807) is 25.1 Å². The molecule has 1 aromatic heterocycles. The van der Waals surface area contributed by atoms with Crippen molar-refractivity contribution in [3.63, 3.8) is 0 Å². The minimum atomic E-state index is -0.462. The molecular formula is C15H15N3O4S2. The topological polar surface area (TPSA) is 93.5 Å². The van der Waals surface area contributed by atoms with Gasteiger partial charge in [0.1, 0.15) is 5.00 Å². The van der Waals surface area contributed by atoms with Gasteiger partial charge in [-0.25, -0.2) is 4.79 Å². The molecule has 2 N–H and O–H groups in total. The van der Waals surface area contributed by atoms with Gasteiger partial charge in [0.25, 0.3) is 5.69 Å². The summed E-state index contributed by atoms with van der Waals surface area (Å²) in [4.78, 5) is 23.2. The van der Waals surface area contributed by atoms with Crippen molar-refractivity contribution in [2.45, 2.75) is 13.8 Å². The molecule has 0 saturated carbocycles. The standard InChI is InChI=1S/C15H15N3O4S2/c1-8-4-5-10(7-12(8)18(20)21)16-15(23)17-13-11(14(19)22-3)6-9(2)24-13/h4-7H,1-3H3,(H2,16,17,23). The zero-order valence-electron chi connectivity index (χ0n) is 13.2. The molecule has 24 heavy (non-hydrogen) atoms. The Morgan fingerprint density at radius 2 is 2.00 bits per heavy atom. The summed E-state index contributed by atoms with van der Waals surface area (Å²) in [5.41, 5.74) is 1.44. The number of esters is 1. The van der Waals surface area contributed by atoms with E-state index < -0.39 is 10.9 Å². The third-order valence-electron chi connectivity index (χ3n) is 3.15. The smallest absolute Gasteiger partial charge is 0.340 e. The number of ether oxygens (including phenoxy) is 1. The van der Waals surface area contributed by atoms with Crippen molar-refractivity contribution in [1.29, 1.82) is 0 Å². The molecular weight excluding hydrogens is 350 g/mol. The first-order valence-electron chi connectivity index (χ1n) is 6.83. The monoisotopic (exact) mass is 365 g/mol. The lowest BCUT2D eigenvalue weighted by Gasteiger charge is -2.10. The van der Waals surface area contributed by atoms with Crippen LogP contribution in [0.15, 0.2) is 24.3 Å². The lowest BCUT2D eigenvalue weighted by atomic mass is 10.2. The van der Waals surface area contributed by atoms with E-state index >= 15 is 0 Å². The Labute approximate surface area is 147 Å². The summed E-state index contributed by atoms with van der Waals surface area (Å²) < 4.78 is 4.73. The predicted octanol–water partition coefficient (Wildman–Crippen LogP) is 3.87. The highest BCUT2D eigenvalue weighted by molar-refractivity contribution is 7.80. The highest BCUT2D eigenvalue weighted by Crippen LogP contribution is 2.28. The van der Waals surface area contributed by atoms with E-state index in [9.17, 15) is 14.9 Å². The highest BCUT2D eigenvalue weighted by atomic mass is 32.1. The molecule has 0 bridgehead atoms. The average molecular weight is 365 g/mol. The van der Waals surface area contributed by atoms with Crippen LogP contribution in [0, 0.1) is 24.0 Å². The number of nitro groups is 1. The lowest BCUT2D eigenvalue weighted by molar-refractivity contribution is -0.385. The van der Waals surface area contributed by atoms with Crippen molar-refractivity contribution in [2.24, 2.45) is 0 Å². The van der Waals surface area contributed by atoms with Crippen LogP contribution in [0.5, 0.6) is 0 Å². The number of aryl methyl sites for hydroxylation is 2. The Hall–Kier alpha value is -2.52. The summed E-state index contributed by atoms with van der Waals surface area (Å²) in [7, 11) is 1.31. The minimum absolute atomic E-state index is 0.00465. The van der Waals surface area contributed by atoms with Gasteiger partial charge in [0.2, 0.25) is 0 Å². The van der Waals surface area contributed by atoms with Gasteiger partial charge in [0.05, 0.1) is 17.6 Å². The van der Waals surface area contributed by atoms with Crippen LogP contribution in [0.1, 0.15) is 20.8 Å². The van der Waals surface area contributed by atoms with Crippen LogP contribution in [0.3, 0.4) is 0 Å². The molecule has 0 aliphatic rings. The first-order chi connectivity index (χ1) is 11.3. The SMILES string of the molecule is COC(=O)c1cc(C)sc1NC(=S)Nc1ccc(C)c([N+](=O)[O-])c1. The molecule has 7 nitrogen and oxygen atoms in total. The van der Waals surface area contributed by atoms with Crippen LogP contribution in [0.2, 0.25) is 0 Å². The van der Waals surface area contributed by atoms with E-state index in [4.69, 9.17) is 17.0 Å². The number of benzene rings is 1. The molecule has 9 heteroatoms. The fraction of sp³-hybridized carbons (Fsp3) is 0.200. The molecule has 0 fully saturated rings. The van der Waals surface area contributed by atoms with Crippen molar-refractivity contribution in [3.8, 4) is 0 Å². The molecule has 1 heterocycles. The number of hydrogen-bond acceptors (Lipinski definition) is 6. The van der Waals surface area contributed by atoms with Crippen molar-refractivity contribution in [2.75, 3.05) is 17.7 Å². The predicted molar refractivity (Wildman–Crippen MR) is 98.1 cm³/mol. The first-order valence-corrected chi connectivity index (χ1v) is 8.06. The second kappa shape index (κ2) is 7.37. The van der Waals surface area contributed by atoms with Gasteiger partial charge in [-0.15, -0.1) is 11.3 Å².